The quantitative estimate of drug-likeness (QED) is 0.742. The fourth-order valence-corrected chi connectivity index (χ4v) is 3.25. The van der Waals surface area contributed by atoms with E-state index in [1.165, 1.54) is 11.3 Å². The molecule has 118 valence electrons. The van der Waals surface area contributed by atoms with Gasteiger partial charge in [-0.1, -0.05) is 41.7 Å². The van der Waals surface area contributed by atoms with Gasteiger partial charge in [0.2, 0.25) is 5.91 Å². The predicted octanol–water partition coefficient (Wildman–Crippen LogP) is 1.66. The molecule has 1 aromatic carbocycles. The first-order chi connectivity index (χ1) is 11.0. The summed E-state index contributed by atoms with van der Waals surface area (Å²) >= 11 is 1.37. The summed E-state index contributed by atoms with van der Waals surface area (Å²) in [5, 5.41) is 7.62. The minimum atomic E-state index is -0.836. The van der Waals surface area contributed by atoms with Crippen LogP contribution in [0, 0.1) is 6.92 Å². The Kier molecular flexibility index (Phi) is 4.07. The second-order valence-electron chi connectivity index (χ2n) is 5.07. The number of rotatable bonds is 4. The number of aryl methyl sites for hydroxylation is 1. The third-order valence-corrected chi connectivity index (χ3v) is 4.45. The van der Waals surface area contributed by atoms with Crippen LogP contribution in [0.1, 0.15) is 12.1 Å². The van der Waals surface area contributed by atoms with E-state index in [-0.39, 0.29) is 12.3 Å². The van der Waals surface area contributed by atoms with Gasteiger partial charge in [0.15, 0.2) is 5.13 Å². The number of imide groups is 1. The molecule has 8 heteroatoms. The number of hydrogen-bond acceptors (Lipinski definition) is 5. The lowest BCUT2D eigenvalue weighted by Crippen LogP contribution is -2.33. The standard InChI is InChI=1S/C15H14N4O3S/c1-8-12(9-5-3-2-4-6-9)23-15(16-8)18-11(20)7-10-13(21)19-14(22)17-10/h2-6,10H,7H2,1H3,(H,16,18,20)(H2,17,19,21,22). The van der Waals surface area contributed by atoms with Crippen LogP contribution in [0.2, 0.25) is 0 Å². The van der Waals surface area contributed by atoms with Crippen LogP contribution >= 0.6 is 11.3 Å². The summed E-state index contributed by atoms with van der Waals surface area (Å²) in [6.45, 7) is 1.87. The predicted molar refractivity (Wildman–Crippen MR) is 86.0 cm³/mol. The molecule has 7 nitrogen and oxygen atoms in total. The zero-order chi connectivity index (χ0) is 16.4. The average molecular weight is 330 g/mol. The van der Waals surface area contributed by atoms with Gasteiger partial charge in [-0.2, -0.15) is 0 Å². The van der Waals surface area contributed by atoms with Gasteiger partial charge < -0.3 is 10.6 Å². The van der Waals surface area contributed by atoms with Crippen LogP contribution in [-0.2, 0) is 9.59 Å². The summed E-state index contributed by atoms with van der Waals surface area (Å²) in [6, 6.07) is 8.35. The fourth-order valence-electron chi connectivity index (χ4n) is 2.27. The van der Waals surface area contributed by atoms with E-state index >= 15 is 0 Å². The second kappa shape index (κ2) is 6.17. The summed E-state index contributed by atoms with van der Waals surface area (Å²) in [5.74, 6) is -0.869. The summed E-state index contributed by atoms with van der Waals surface area (Å²) in [5.41, 5.74) is 1.86. The molecule has 3 rings (SSSR count). The van der Waals surface area contributed by atoms with E-state index in [4.69, 9.17) is 0 Å². The lowest BCUT2D eigenvalue weighted by Gasteiger charge is -2.06. The van der Waals surface area contributed by atoms with Crippen molar-refractivity contribution in [3.63, 3.8) is 0 Å². The summed E-state index contributed by atoms with van der Waals surface area (Å²) in [6.07, 6.45) is -0.128. The van der Waals surface area contributed by atoms with Crippen molar-refractivity contribution < 1.29 is 14.4 Å². The number of thiazole rings is 1. The molecule has 0 radical (unpaired) electrons. The molecule has 0 saturated carbocycles. The number of urea groups is 1. The Labute approximate surface area is 136 Å². The van der Waals surface area contributed by atoms with Crippen molar-refractivity contribution in [1.29, 1.82) is 0 Å². The first-order valence-corrected chi connectivity index (χ1v) is 7.78. The van der Waals surface area contributed by atoms with Crippen LogP contribution in [0.25, 0.3) is 10.4 Å². The third-order valence-electron chi connectivity index (χ3n) is 3.33. The lowest BCUT2D eigenvalue weighted by atomic mass is 10.2. The van der Waals surface area contributed by atoms with Crippen molar-refractivity contribution in [1.82, 2.24) is 15.6 Å². The number of nitrogens with one attached hydrogen (secondary N) is 3. The SMILES string of the molecule is Cc1nc(NC(=O)CC2NC(=O)NC2=O)sc1-c1ccccc1. The Morgan fingerprint density at radius 3 is 2.70 bits per heavy atom. The monoisotopic (exact) mass is 330 g/mol. The highest BCUT2D eigenvalue weighted by Gasteiger charge is 2.31. The zero-order valence-corrected chi connectivity index (χ0v) is 13.1. The number of hydrogen-bond donors (Lipinski definition) is 3. The molecule has 0 spiro atoms. The van der Waals surface area contributed by atoms with E-state index in [1.807, 2.05) is 37.3 Å². The van der Waals surface area contributed by atoms with Crippen molar-refractivity contribution in [3.8, 4) is 10.4 Å². The Bertz CT molecular complexity index is 772. The van der Waals surface area contributed by atoms with Gasteiger partial charge in [0.25, 0.3) is 5.91 Å². The molecule has 1 aromatic heterocycles. The van der Waals surface area contributed by atoms with Crippen LogP contribution in [0.3, 0.4) is 0 Å². The average Bonchev–Trinajstić information content (AvgIpc) is 3.02. The number of nitrogens with zero attached hydrogens (tertiary/aromatic N) is 1. The molecule has 0 bridgehead atoms. The normalized spacial score (nSPS) is 16.8. The first kappa shape index (κ1) is 15.2. The number of anilines is 1. The smallest absolute Gasteiger partial charge is 0.322 e. The van der Waals surface area contributed by atoms with Crippen LogP contribution in [0.15, 0.2) is 30.3 Å². The van der Waals surface area contributed by atoms with Crippen molar-refractivity contribution in [2.75, 3.05) is 5.32 Å². The molecule has 23 heavy (non-hydrogen) atoms. The van der Waals surface area contributed by atoms with Gasteiger partial charge in [-0.3, -0.25) is 14.9 Å². The van der Waals surface area contributed by atoms with Crippen molar-refractivity contribution in [3.05, 3.63) is 36.0 Å². The van der Waals surface area contributed by atoms with Gasteiger partial charge in [-0.25, -0.2) is 9.78 Å². The van der Waals surface area contributed by atoms with Gasteiger partial charge in [-0.15, -0.1) is 0 Å². The number of benzene rings is 1. The van der Waals surface area contributed by atoms with E-state index in [0.29, 0.717) is 5.13 Å². The molecule has 1 aliphatic heterocycles. The minimum absolute atomic E-state index is 0.128. The molecule has 1 aliphatic rings. The molecule has 2 aromatic rings. The fraction of sp³-hybridized carbons (Fsp3) is 0.200. The van der Waals surface area contributed by atoms with E-state index in [0.717, 1.165) is 16.1 Å². The largest absolute Gasteiger partial charge is 0.325 e. The second-order valence-corrected chi connectivity index (χ2v) is 6.07. The maximum atomic E-state index is 12.0. The van der Waals surface area contributed by atoms with Crippen LogP contribution in [0.5, 0.6) is 0 Å². The topological polar surface area (TPSA) is 100 Å². The first-order valence-electron chi connectivity index (χ1n) is 6.97. The van der Waals surface area contributed by atoms with E-state index < -0.39 is 18.0 Å². The number of aromatic nitrogens is 1. The van der Waals surface area contributed by atoms with Gasteiger partial charge in [0.1, 0.15) is 6.04 Å². The van der Waals surface area contributed by atoms with E-state index in [1.54, 1.807) is 0 Å². The minimum Gasteiger partial charge on any atom is -0.325 e. The van der Waals surface area contributed by atoms with Crippen LogP contribution in [0.4, 0.5) is 9.93 Å². The molecule has 1 atom stereocenters. The number of amides is 4. The molecular formula is C15H14N4O3S. The highest BCUT2D eigenvalue weighted by Crippen LogP contribution is 2.32. The van der Waals surface area contributed by atoms with Crippen LogP contribution < -0.4 is 16.0 Å². The molecule has 1 fully saturated rings. The van der Waals surface area contributed by atoms with Crippen molar-refractivity contribution >= 4 is 34.3 Å². The molecule has 0 aliphatic carbocycles. The molecule has 2 heterocycles. The third kappa shape index (κ3) is 3.37. The Hall–Kier alpha value is -2.74. The lowest BCUT2D eigenvalue weighted by molar-refractivity contribution is -0.124. The van der Waals surface area contributed by atoms with Crippen molar-refractivity contribution in [2.45, 2.75) is 19.4 Å². The molecule has 3 N–H and O–H groups in total. The Morgan fingerprint density at radius 1 is 1.30 bits per heavy atom. The van der Waals surface area contributed by atoms with Gasteiger partial charge >= 0.3 is 6.03 Å². The highest BCUT2D eigenvalue weighted by atomic mass is 32.1. The van der Waals surface area contributed by atoms with Crippen molar-refractivity contribution in [2.24, 2.45) is 0 Å². The van der Waals surface area contributed by atoms with E-state index in [2.05, 4.69) is 20.9 Å². The number of carbonyl (C=O) groups is 3. The Morgan fingerprint density at radius 2 is 2.04 bits per heavy atom. The Balaban J connectivity index is 1.68. The summed E-state index contributed by atoms with van der Waals surface area (Å²) in [7, 11) is 0. The summed E-state index contributed by atoms with van der Waals surface area (Å²) < 4.78 is 0. The molecule has 4 amide bonds. The highest BCUT2D eigenvalue weighted by molar-refractivity contribution is 7.19. The summed E-state index contributed by atoms with van der Waals surface area (Å²) in [4.78, 5) is 39.8. The molecule has 1 unspecified atom stereocenters. The maximum Gasteiger partial charge on any atom is 0.322 e. The molecule has 1 saturated heterocycles. The molecular weight excluding hydrogens is 316 g/mol. The maximum absolute atomic E-state index is 12.0. The van der Waals surface area contributed by atoms with Crippen LogP contribution in [-0.4, -0.2) is 28.9 Å². The van der Waals surface area contributed by atoms with E-state index in [9.17, 15) is 14.4 Å². The van der Waals surface area contributed by atoms with Gasteiger partial charge in [-0.05, 0) is 12.5 Å². The number of carbonyl (C=O) groups excluding carboxylic acids is 3. The van der Waals surface area contributed by atoms with Gasteiger partial charge in [0.05, 0.1) is 17.0 Å². The zero-order valence-electron chi connectivity index (χ0n) is 12.3. The van der Waals surface area contributed by atoms with Gasteiger partial charge in [0, 0.05) is 0 Å².